The monoisotopic (exact) mass is 237 g/mol. The molecule has 94 valence electrons. The van der Waals surface area contributed by atoms with Gasteiger partial charge in [-0.2, -0.15) is 0 Å². The Balaban J connectivity index is 2.28. The summed E-state index contributed by atoms with van der Waals surface area (Å²) in [6.45, 7) is 2.37. The maximum absolute atomic E-state index is 10.8. The lowest BCUT2D eigenvalue weighted by Crippen LogP contribution is -2.05. The van der Waals surface area contributed by atoms with Crippen LogP contribution in [0.3, 0.4) is 0 Å². The maximum Gasteiger partial charge on any atom is 0.221 e. The van der Waals surface area contributed by atoms with Crippen LogP contribution < -0.4 is 10.1 Å². The molecule has 0 saturated heterocycles. The molecule has 0 saturated carbocycles. The minimum Gasteiger partial charge on any atom is -0.494 e. The van der Waals surface area contributed by atoms with Crippen molar-refractivity contribution in [3.8, 4) is 5.75 Å². The van der Waals surface area contributed by atoms with Crippen LogP contribution in [0.4, 0.5) is 5.69 Å². The van der Waals surface area contributed by atoms with Crippen LogP contribution >= 0.6 is 0 Å². The lowest BCUT2D eigenvalue weighted by atomic mass is 10.2. The molecule has 0 aromatic heterocycles. The van der Waals surface area contributed by atoms with Crippen LogP contribution in [0.5, 0.6) is 5.75 Å². The van der Waals surface area contributed by atoms with Gasteiger partial charge in [-0.3, -0.25) is 4.79 Å². The summed E-state index contributed by atoms with van der Waals surface area (Å²) >= 11 is 0. The summed E-state index contributed by atoms with van der Waals surface area (Å²) in [5, 5.41) is 11.3. The zero-order valence-electron chi connectivity index (χ0n) is 10.1. The number of hydrogen-bond donors (Lipinski definition) is 2. The molecule has 4 nitrogen and oxygen atoms in total. The third-order valence-electron chi connectivity index (χ3n) is 2.25. The number of carbonyl (C=O) groups is 1. The Labute approximate surface area is 102 Å². The Morgan fingerprint density at radius 2 is 1.94 bits per heavy atom. The second-order valence-electron chi connectivity index (χ2n) is 3.84. The van der Waals surface area contributed by atoms with Gasteiger partial charge in [0.05, 0.1) is 6.61 Å². The fourth-order valence-electron chi connectivity index (χ4n) is 1.42. The fourth-order valence-corrected chi connectivity index (χ4v) is 1.42. The molecule has 0 heterocycles. The highest BCUT2D eigenvalue weighted by molar-refractivity contribution is 5.88. The third kappa shape index (κ3) is 5.92. The predicted molar refractivity (Wildman–Crippen MR) is 67.2 cm³/mol. The molecule has 2 N–H and O–H groups in total. The number of anilines is 1. The van der Waals surface area contributed by atoms with E-state index in [1.165, 1.54) is 6.92 Å². The third-order valence-corrected chi connectivity index (χ3v) is 2.25. The molecule has 17 heavy (non-hydrogen) atoms. The van der Waals surface area contributed by atoms with Crippen molar-refractivity contribution in [2.24, 2.45) is 0 Å². The van der Waals surface area contributed by atoms with E-state index in [4.69, 9.17) is 9.84 Å². The van der Waals surface area contributed by atoms with Crippen molar-refractivity contribution in [3.05, 3.63) is 24.3 Å². The average molecular weight is 237 g/mol. The molecule has 0 atom stereocenters. The van der Waals surface area contributed by atoms with Gasteiger partial charge < -0.3 is 15.2 Å². The highest BCUT2D eigenvalue weighted by Crippen LogP contribution is 2.15. The summed E-state index contributed by atoms with van der Waals surface area (Å²) in [5.74, 6) is 0.714. The first-order valence-electron chi connectivity index (χ1n) is 5.83. The maximum atomic E-state index is 10.8. The molecule has 0 fully saturated rings. The van der Waals surface area contributed by atoms with Crippen molar-refractivity contribution >= 4 is 11.6 Å². The van der Waals surface area contributed by atoms with Gasteiger partial charge in [-0.05, 0) is 43.5 Å². The zero-order valence-corrected chi connectivity index (χ0v) is 10.1. The number of benzene rings is 1. The number of ether oxygens (including phenoxy) is 1. The normalized spacial score (nSPS) is 10.0. The molecule has 0 radical (unpaired) electrons. The predicted octanol–water partition coefficient (Wildman–Crippen LogP) is 2.19. The summed E-state index contributed by atoms with van der Waals surface area (Å²) in [4.78, 5) is 10.8. The average Bonchev–Trinajstić information content (AvgIpc) is 2.30. The number of aliphatic hydroxyl groups excluding tert-OH is 1. The SMILES string of the molecule is CC(=O)Nc1ccc(OCCCCCO)cc1. The molecule has 0 aliphatic heterocycles. The molecule has 1 aromatic rings. The lowest BCUT2D eigenvalue weighted by molar-refractivity contribution is -0.114. The van der Waals surface area contributed by atoms with E-state index in [1.807, 2.05) is 24.3 Å². The Morgan fingerprint density at radius 1 is 1.24 bits per heavy atom. The van der Waals surface area contributed by atoms with E-state index in [2.05, 4.69) is 5.32 Å². The first-order chi connectivity index (χ1) is 8.22. The highest BCUT2D eigenvalue weighted by Gasteiger charge is 1.97. The number of aliphatic hydroxyl groups is 1. The van der Waals surface area contributed by atoms with E-state index in [1.54, 1.807) is 0 Å². The van der Waals surface area contributed by atoms with Gasteiger partial charge in [0.15, 0.2) is 0 Å². The van der Waals surface area contributed by atoms with Crippen molar-refractivity contribution in [1.29, 1.82) is 0 Å². The molecule has 4 heteroatoms. The van der Waals surface area contributed by atoms with E-state index < -0.39 is 0 Å². The topological polar surface area (TPSA) is 58.6 Å². The largest absolute Gasteiger partial charge is 0.494 e. The van der Waals surface area contributed by atoms with Crippen LogP contribution in [-0.4, -0.2) is 24.2 Å². The lowest BCUT2D eigenvalue weighted by Gasteiger charge is -2.07. The molecule has 0 aliphatic rings. The van der Waals surface area contributed by atoms with E-state index in [-0.39, 0.29) is 12.5 Å². The zero-order chi connectivity index (χ0) is 12.5. The Hall–Kier alpha value is -1.55. The van der Waals surface area contributed by atoms with Gasteiger partial charge in [-0.25, -0.2) is 0 Å². The van der Waals surface area contributed by atoms with Gasteiger partial charge in [-0.15, -0.1) is 0 Å². The smallest absolute Gasteiger partial charge is 0.221 e. The van der Waals surface area contributed by atoms with Crippen LogP contribution in [0.15, 0.2) is 24.3 Å². The number of nitrogens with one attached hydrogen (secondary N) is 1. The molecular weight excluding hydrogens is 218 g/mol. The van der Waals surface area contributed by atoms with Crippen LogP contribution in [0, 0.1) is 0 Å². The van der Waals surface area contributed by atoms with Gasteiger partial charge in [0.1, 0.15) is 5.75 Å². The van der Waals surface area contributed by atoms with Gasteiger partial charge in [0.2, 0.25) is 5.91 Å². The number of carbonyl (C=O) groups excluding carboxylic acids is 1. The van der Waals surface area contributed by atoms with Gasteiger partial charge in [-0.1, -0.05) is 0 Å². The Morgan fingerprint density at radius 3 is 2.53 bits per heavy atom. The first kappa shape index (κ1) is 13.5. The van der Waals surface area contributed by atoms with Crippen LogP contribution in [0.2, 0.25) is 0 Å². The molecule has 0 aliphatic carbocycles. The number of unbranched alkanes of at least 4 members (excludes halogenated alkanes) is 2. The first-order valence-corrected chi connectivity index (χ1v) is 5.83. The summed E-state index contributed by atoms with van der Waals surface area (Å²) in [5.41, 5.74) is 0.769. The van der Waals surface area contributed by atoms with Crippen molar-refractivity contribution in [1.82, 2.24) is 0 Å². The highest BCUT2D eigenvalue weighted by atomic mass is 16.5. The standard InChI is InChI=1S/C13H19NO3/c1-11(16)14-12-5-7-13(8-6-12)17-10-4-2-3-9-15/h5-8,15H,2-4,9-10H2,1H3,(H,14,16). The number of amides is 1. The van der Waals surface area contributed by atoms with Crippen molar-refractivity contribution in [3.63, 3.8) is 0 Å². The van der Waals surface area contributed by atoms with Gasteiger partial charge >= 0.3 is 0 Å². The molecule has 0 spiro atoms. The summed E-state index contributed by atoms with van der Waals surface area (Å²) in [6.07, 6.45) is 2.74. The number of hydrogen-bond acceptors (Lipinski definition) is 3. The molecular formula is C13H19NO3. The van der Waals surface area contributed by atoms with Gasteiger partial charge in [0.25, 0.3) is 0 Å². The minimum atomic E-state index is -0.0809. The molecule has 1 aromatic carbocycles. The second-order valence-corrected chi connectivity index (χ2v) is 3.84. The van der Waals surface area contributed by atoms with Gasteiger partial charge in [0, 0.05) is 19.2 Å². The minimum absolute atomic E-state index is 0.0809. The van der Waals surface area contributed by atoms with Crippen LogP contribution in [0.1, 0.15) is 26.2 Å². The van der Waals surface area contributed by atoms with E-state index in [9.17, 15) is 4.79 Å². The molecule has 1 rings (SSSR count). The fraction of sp³-hybridized carbons (Fsp3) is 0.462. The van der Waals surface area contributed by atoms with Crippen molar-refractivity contribution in [2.75, 3.05) is 18.5 Å². The van der Waals surface area contributed by atoms with E-state index in [0.717, 1.165) is 30.7 Å². The van der Waals surface area contributed by atoms with Crippen molar-refractivity contribution < 1.29 is 14.6 Å². The van der Waals surface area contributed by atoms with Crippen LogP contribution in [-0.2, 0) is 4.79 Å². The molecule has 0 bridgehead atoms. The molecule has 0 unspecified atom stereocenters. The molecule has 1 amide bonds. The van der Waals surface area contributed by atoms with E-state index in [0.29, 0.717) is 6.61 Å². The summed E-state index contributed by atoms with van der Waals surface area (Å²) < 4.78 is 5.52. The number of rotatable bonds is 7. The van der Waals surface area contributed by atoms with Crippen molar-refractivity contribution in [2.45, 2.75) is 26.2 Å². The van der Waals surface area contributed by atoms with E-state index >= 15 is 0 Å². The summed E-state index contributed by atoms with van der Waals surface area (Å²) in [6, 6.07) is 7.28. The second kappa shape index (κ2) is 7.68. The Kier molecular flexibility index (Phi) is 6.10. The summed E-state index contributed by atoms with van der Waals surface area (Å²) in [7, 11) is 0. The quantitative estimate of drug-likeness (QED) is 0.715. The van der Waals surface area contributed by atoms with Crippen LogP contribution in [0.25, 0.3) is 0 Å². The Bertz CT molecular complexity index is 335.